The van der Waals surface area contributed by atoms with Crippen molar-refractivity contribution < 1.29 is 0 Å². The van der Waals surface area contributed by atoms with Crippen LogP contribution < -0.4 is 16.2 Å². The Balaban J connectivity index is 2.28. The van der Waals surface area contributed by atoms with Gasteiger partial charge in [0.1, 0.15) is 11.6 Å². The molecule has 3 N–H and O–H groups in total. The van der Waals surface area contributed by atoms with Crippen molar-refractivity contribution in [1.29, 1.82) is 0 Å². The molecule has 6 heteroatoms. The molecule has 1 aliphatic rings. The second-order valence-corrected chi connectivity index (χ2v) is 4.36. The van der Waals surface area contributed by atoms with Crippen LogP contribution in [0.5, 0.6) is 0 Å². The number of aromatic nitrogens is 2. The third-order valence-electron chi connectivity index (χ3n) is 2.48. The average molecular weight is 225 g/mol. The average Bonchev–Trinajstić information content (AvgIpc) is 3.11. The summed E-state index contributed by atoms with van der Waals surface area (Å²) in [6.07, 6.45) is 4.46. The summed E-state index contributed by atoms with van der Waals surface area (Å²) in [4.78, 5) is 10.8. The molecule has 1 fully saturated rings. The first-order chi connectivity index (χ1) is 7.24. The van der Waals surface area contributed by atoms with Crippen LogP contribution in [0.2, 0.25) is 0 Å². The van der Waals surface area contributed by atoms with Crippen LogP contribution in [0.1, 0.15) is 12.8 Å². The van der Waals surface area contributed by atoms with Crippen molar-refractivity contribution in [2.24, 2.45) is 5.84 Å². The van der Waals surface area contributed by atoms with Crippen LogP contribution >= 0.6 is 11.8 Å². The zero-order valence-electron chi connectivity index (χ0n) is 8.90. The Kier molecular flexibility index (Phi) is 2.97. The van der Waals surface area contributed by atoms with Gasteiger partial charge in [0.2, 0.25) is 0 Å². The fourth-order valence-corrected chi connectivity index (χ4v) is 1.78. The van der Waals surface area contributed by atoms with E-state index in [-0.39, 0.29) is 0 Å². The van der Waals surface area contributed by atoms with Crippen LogP contribution in [0.15, 0.2) is 11.2 Å². The molecule has 0 unspecified atom stereocenters. The lowest BCUT2D eigenvalue weighted by Crippen LogP contribution is -2.21. The van der Waals surface area contributed by atoms with Crippen molar-refractivity contribution in [2.75, 3.05) is 23.6 Å². The standard InChI is InChI=1S/C9H15N5S/c1-14(6-3-4-6)8-5-7(13-10)11-9(12-8)15-2/h5-6H,3-4,10H2,1-2H3,(H,11,12,13). The van der Waals surface area contributed by atoms with E-state index in [4.69, 9.17) is 5.84 Å². The molecule has 15 heavy (non-hydrogen) atoms. The van der Waals surface area contributed by atoms with Crippen LogP contribution in [0.25, 0.3) is 0 Å². The van der Waals surface area contributed by atoms with E-state index in [1.807, 2.05) is 12.3 Å². The number of thioether (sulfide) groups is 1. The minimum atomic E-state index is 0.639. The van der Waals surface area contributed by atoms with Crippen LogP contribution in [0, 0.1) is 0 Å². The number of nitrogens with zero attached hydrogens (tertiary/aromatic N) is 3. The van der Waals surface area contributed by atoms with Crippen molar-refractivity contribution >= 4 is 23.4 Å². The molecule has 82 valence electrons. The van der Waals surface area contributed by atoms with Gasteiger partial charge < -0.3 is 10.3 Å². The van der Waals surface area contributed by atoms with Crippen LogP contribution in [0.4, 0.5) is 11.6 Å². The molecule has 0 radical (unpaired) electrons. The zero-order chi connectivity index (χ0) is 10.8. The molecule has 1 aromatic rings. The molecule has 1 aromatic heterocycles. The highest BCUT2D eigenvalue weighted by Gasteiger charge is 2.27. The van der Waals surface area contributed by atoms with E-state index in [0.717, 1.165) is 11.0 Å². The molecular weight excluding hydrogens is 210 g/mol. The Morgan fingerprint density at radius 2 is 2.27 bits per heavy atom. The maximum atomic E-state index is 5.37. The lowest BCUT2D eigenvalue weighted by Gasteiger charge is -2.18. The summed E-state index contributed by atoms with van der Waals surface area (Å²) >= 11 is 1.52. The topological polar surface area (TPSA) is 67.1 Å². The van der Waals surface area contributed by atoms with E-state index in [1.54, 1.807) is 0 Å². The van der Waals surface area contributed by atoms with Gasteiger partial charge in [-0.05, 0) is 19.1 Å². The number of nitrogen functional groups attached to an aromatic ring is 1. The highest BCUT2D eigenvalue weighted by atomic mass is 32.2. The fraction of sp³-hybridized carbons (Fsp3) is 0.556. The minimum absolute atomic E-state index is 0.639. The van der Waals surface area contributed by atoms with Gasteiger partial charge in [0.15, 0.2) is 5.16 Å². The molecule has 0 saturated heterocycles. The second-order valence-electron chi connectivity index (χ2n) is 3.58. The Hall–Kier alpha value is -1.01. The number of hydrogen-bond donors (Lipinski definition) is 2. The maximum Gasteiger partial charge on any atom is 0.191 e. The zero-order valence-corrected chi connectivity index (χ0v) is 9.71. The third-order valence-corrected chi connectivity index (χ3v) is 3.03. The largest absolute Gasteiger partial charge is 0.356 e. The predicted molar refractivity (Wildman–Crippen MR) is 63.0 cm³/mol. The Bertz CT molecular complexity index is 330. The number of hydrogen-bond acceptors (Lipinski definition) is 6. The Labute approximate surface area is 93.4 Å². The molecule has 2 rings (SSSR count). The quantitative estimate of drug-likeness (QED) is 0.346. The maximum absolute atomic E-state index is 5.37. The normalized spacial score (nSPS) is 15.1. The minimum Gasteiger partial charge on any atom is -0.356 e. The van der Waals surface area contributed by atoms with Gasteiger partial charge in [-0.3, -0.25) is 0 Å². The summed E-state index contributed by atoms with van der Waals surface area (Å²) in [6, 6.07) is 2.51. The van der Waals surface area contributed by atoms with Gasteiger partial charge in [-0.25, -0.2) is 15.8 Å². The van der Waals surface area contributed by atoms with Gasteiger partial charge in [0.05, 0.1) is 0 Å². The molecule has 0 atom stereocenters. The lowest BCUT2D eigenvalue weighted by atomic mass is 10.4. The Morgan fingerprint density at radius 3 is 2.80 bits per heavy atom. The van der Waals surface area contributed by atoms with Gasteiger partial charge in [-0.2, -0.15) is 0 Å². The summed E-state index contributed by atoms with van der Waals surface area (Å²) in [5.41, 5.74) is 2.57. The van der Waals surface area contributed by atoms with Crippen LogP contribution in [0.3, 0.4) is 0 Å². The molecule has 0 amide bonds. The van der Waals surface area contributed by atoms with E-state index < -0.39 is 0 Å². The summed E-state index contributed by atoms with van der Waals surface area (Å²) in [7, 11) is 2.06. The summed E-state index contributed by atoms with van der Waals surface area (Å²) in [6.45, 7) is 0. The highest BCUT2D eigenvalue weighted by Crippen LogP contribution is 2.30. The van der Waals surface area contributed by atoms with Gasteiger partial charge in [0, 0.05) is 19.2 Å². The fourth-order valence-electron chi connectivity index (χ4n) is 1.41. The smallest absolute Gasteiger partial charge is 0.191 e. The van der Waals surface area contributed by atoms with Crippen LogP contribution in [-0.4, -0.2) is 29.3 Å². The number of nitrogens with one attached hydrogen (secondary N) is 1. The van der Waals surface area contributed by atoms with Crippen molar-refractivity contribution in [3.8, 4) is 0 Å². The van der Waals surface area contributed by atoms with Gasteiger partial charge in [0.25, 0.3) is 0 Å². The first-order valence-electron chi connectivity index (χ1n) is 4.87. The molecule has 0 spiro atoms. The molecule has 1 saturated carbocycles. The predicted octanol–water partition coefficient (Wildman–Crippen LogP) is 1.08. The Morgan fingerprint density at radius 1 is 1.53 bits per heavy atom. The van der Waals surface area contributed by atoms with Gasteiger partial charge >= 0.3 is 0 Å². The van der Waals surface area contributed by atoms with Crippen molar-refractivity contribution in [1.82, 2.24) is 9.97 Å². The molecule has 5 nitrogen and oxygen atoms in total. The first kappa shape index (κ1) is 10.5. The lowest BCUT2D eigenvalue weighted by molar-refractivity contribution is 0.853. The summed E-state index contributed by atoms with van der Waals surface area (Å²) < 4.78 is 0. The third kappa shape index (κ3) is 2.32. The summed E-state index contributed by atoms with van der Waals surface area (Å²) in [5, 5.41) is 0.743. The molecule has 0 aliphatic heterocycles. The second kappa shape index (κ2) is 4.24. The SMILES string of the molecule is CSc1nc(NN)cc(N(C)C2CC2)n1. The first-order valence-corrected chi connectivity index (χ1v) is 6.09. The van der Waals surface area contributed by atoms with Crippen molar-refractivity contribution in [2.45, 2.75) is 24.0 Å². The molecule has 1 heterocycles. The number of nitrogens with two attached hydrogens (primary N) is 1. The van der Waals surface area contributed by atoms with Crippen molar-refractivity contribution in [3.63, 3.8) is 0 Å². The molecular formula is C9H15N5S. The number of rotatable bonds is 4. The van der Waals surface area contributed by atoms with E-state index >= 15 is 0 Å². The van der Waals surface area contributed by atoms with Crippen LogP contribution in [-0.2, 0) is 0 Å². The summed E-state index contributed by atoms with van der Waals surface area (Å²) in [5.74, 6) is 6.96. The number of hydrazine groups is 1. The molecule has 0 bridgehead atoms. The molecule has 0 aromatic carbocycles. The van der Waals surface area contributed by atoms with E-state index in [9.17, 15) is 0 Å². The van der Waals surface area contributed by atoms with Gasteiger partial charge in [-0.1, -0.05) is 11.8 Å². The number of anilines is 2. The monoisotopic (exact) mass is 225 g/mol. The van der Waals surface area contributed by atoms with Gasteiger partial charge in [-0.15, -0.1) is 0 Å². The van der Waals surface area contributed by atoms with E-state index in [0.29, 0.717) is 11.9 Å². The van der Waals surface area contributed by atoms with E-state index in [1.165, 1.54) is 24.6 Å². The molecule has 1 aliphatic carbocycles. The van der Waals surface area contributed by atoms with E-state index in [2.05, 4.69) is 27.3 Å². The van der Waals surface area contributed by atoms with Crippen molar-refractivity contribution in [3.05, 3.63) is 6.07 Å². The highest BCUT2D eigenvalue weighted by molar-refractivity contribution is 7.98.